The van der Waals surface area contributed by atoms with Crippen molar-refractivity contribution in [3.63, 3.8) is 0 Å². The van der Waals surface area contributed by atoms with Gasteiger partial charge in [0.05, 0.1) is 5.56 Å². The lowest BCUT2D eigenvalue weighted by Crippen LogP contribution is -2.13. The number of hydrogen-bond acceptors (Lipinski definition) is 5. The summed E-state index contributed by atoms with van der Waals surface area (Å²) in [6, 6.07) is 12.4. The van der Waals surface area contributed by atoms with Crippen LogP contribution in [0.4, 0.5) is 5.82 Å². The van der Waals surface area contributed by atoms with Crippen molar-refractivity contribution < 1.29 is 19.2 Å². The zero-order chi connectivity index (χ0) is 17.8. The summed E-state index contributed by atoms with van der Waals surface area (Å²) in [5, 5.41) is 16.1. The Hall–Kier alpha value is -2.99. The summed E-state index contributed by atoms with van der Waals surface area (Å²) in [5.74, 6) is -0.220. The van der Waals surface area contributed by atoms with Gasteiger partial charge in [0, 0.05) is 0 Å². The highest BCUT2D eigenvalue weighted by atomic mass is 35.5. The number of hydrogen-bond donors (Lipinski definition) is 2. The van der Waals surface area contributed by atoms with Gasteiger partial charge < -0.3 is 19.7 Å². The third kappa shape index (κ3) is 4.10. The number of phenolic OH excluding ortho intramolecular Hbond substituents is 1. The van der Waals surface area contributed by atoms with Crippen LogP contribution >= 0.6 is 11.6 Å². The normalized spacial score (nSPS) is 10.5. The number of aryl methyl sites for hydroxylation is 1. The fraction of sp³-hybridized carbons (Fsp3) is 0.111. The van der Waals surface area contributed by atoms with Crippen LogP contribution in [0.25, 0.3) is 0 Å². The number of aromatic nitrogens is 1. The lowest BCUT2D eigenvalue weighted by molar-refractivity contribution is 0.102. The fourth-order valence-corrected chi connectivity index (χ4v) is 2.36. The van der Waals surface area contributed by atoms with Crippen LogP contribution in [0.15, 0.2) is 53.3 Å². The average molecular weight is 359 g/mol. The molecule has 0 spiro atoms. The number of carbonyl (C=O) groups is 1. The summed E-state index contributed by atoms with van der Waals surface area (Å²) < 4.78 is 10.3. The maximum Gasteiger partial charge on any atom is 0.260 e. The van der Waals surface area contributed by atoms with E-state index in [4.69, 9.17) is 16.3 Å². The lowest BCUT2D eigenvalue weighted by atomic mass is 10.1. The summed E-state index contributed by atoms with van der Waals surface area (Å²) in [5.41, 5.74) is 2.19. The van der Waals surface area contributed by atoms with Gasteiger partial charge >= 0.3 is 0 Å². The molecule has 0 unspecified atom stereocenters. The number of carbonyl (C=O) groups excluding carboxylic acids is 1. The van der Waals surface area contributed by atoms with Crippen LogP contribution in [0.1, 0.15) is 21.5 Å². The second kappa shape index (κ2) is 7.27. The highest BCUT2D eigenvalue weighted by molar-refractivity contribution is 6.33. The van der Waals surface area contributed by atoms with Crippen molar-refractivity contribution in [2.45, 2.75) is 13.5 Å². The maximum atomic E-state index is 12.3. The number of nitrogens with zero attached hydrogens (tertiary/aromatic N) is 1. The summed E-state index contributed by atoms with van der Waals surface area (Å²) in [4.78, 5) is 12.3. The summed E-state index contributed by atoms with van der Waals surface area (Å²) in [6.07, 6.45) is 1.19. The van der Waals surface area contributed by atoms with Crippen molar-refractivity contribution in [2.75, 3.05) is 5.32 Å². The molecule has 0 fully saturated rings. The molecular formula is C18H15ClN2O4. The molecule has 128 valence electrons. The standard InChI is InChI=1S/C18H15ClN2O4/c1-11-3-2-4-12(7-11)9-24-13-5-6-16(22)14(8-13)18(23)20-17-15(19)10-25-21-17/h2-8,10,22H,9H2,1H3,(H,20,21,23). The first-order chi connectivity index (χ1) is 12.0. The Labute approximate surface area is 149 Å². The van der Waals surface area contributed by atoms with E-state index in [-0.39, 0.29) is 22.2 Å². The van der Waals surface area contributed by atoms with Gasteiger partial charge in [0.1, 0.15) is 29.4 Å². The highest BCUT2D eigenvalue weighted by Crippen LogP contribution is 2.26. The molecule has 0 aliphatic rings. The first-order valence-electron chi connectivity index (χ1n) is 7.45. The Morgan fingerprint density at radius 2 is 2.16 bits per heavy atom. The van der Waals surface area contributed by atoms with E-state index in [1.807, 2.05) is 31.2 Å². The maximum absolute atomic E-state index is 12.3. The number of rotatable bonds is 5. The predicted octanol–water partition coefficient (Wildman–Crippen LogP) is 4.17. The lowest BCUT2D eigenvalue weighted by Gasteiger charge is -2.10. The second-order valence-corrected chi connectivity index (χ2v) is 5.83. The molecule has 3 aromatic rings. The average Bonchev–Trinajstić information content (AvgIpc) is 2.99. The van der Waals surface area contributed by atoms with Crippen LogP contribution in [0.3, 0.4) is 0 Å². The summed E-state index contributed by atoms with van der Waals surface area (Å²) in [7, 11) is 0. The van der Waals surface area contributed by atoms with Crippen LogP contribution in [0.2, 0.25) is 5.02 Å². The van der Waals surface area contributed by atoms with Gasteiger partial charge in [0.2, 0.25) is 0 Å². The quantitative estimate of drug-likeness (QED) is 0.715. The van der Waals surface area contributed by atoms with Crippen LogP contribution < -0.4 is 10.1 Å². The summed E-state index contributed by atoms with van der Waals surface area (Å²) in [6.45, 7) is 2.35. The molecule has 0 saturated carbocycles. The van der Waals surface area contributed by atoms with E-state index >= 15 is 0 Å². The van der Waals surface area contributed by atoms with Gasteiger partial charge in [0.25, 0.3) is 5.91 Å². The van der Waals surface area contributed by atoms with Crippen molar-refractivity contribution in [1.82, 2.24) is 5.16 Å². The topological polar surface area (TPSA) is 84.6 Å². The van der Waals surface area contributed by atoms with Gasteiger partial charge in [-0.15, -0.1) is 0 Å². The molecule has 2 N–H and O–H groups in total. The Kier molecular flexibility index (Phi) is 4.90. The third-order valence-corrected chi connectivity index (χ3v) is 3.73. The largest absolute Gasteiger partial charge is 0.507 e. The SMILES string of the molecule is Cc1cccc(COc2ccc(O)c(C(=O)Nc3nocc3Cl)c2)c1. The molecule has 0 saturated heterocycles. The van der Waals surface area contributed by atoms with Crippen molar-refractivity contribution in [1.29, 1.82) is 0 Å². The number of phenols is 1. The molecule has 3 rings (SSSR count). The molecule has 0 atom stereocenters. The van der Waals surface area contributed by atoms with Gasteiger partial charge in [-0.1, -0.05) is 46.6 Å². The molecule has 1 amide bonds. The number of ether oxygens (including phenoxy) is 1. The Morgan fingerprint density at radius 3 is 2.88 bits per heavy atom. The van der Waals surface area contributed by atoms with Crippen LogP contribution in [0.5, 0.6) is 11.5 Å². The molecule has 1 aromatic heterocycles. The number of halogens is 1. The Bertz CT molecular complexity index is 908. The van der Waals surface area contributed by atoms with Crippen molar-refractivity contribution in [2.24, 2.45) is 0 Å². The number of amides is 1. The van der Waals surface area contributed by atoms with Gasteiger partial charge in [0.15, 0.2) is 5.82 Å². The molecule has 6 nitrogen and oxygen atoms in total. The molecule has 0 aliphatic heterocycles. The molecule has 0 aliphatic carbocycles. The molecule has 0 bridgehead atoms. The zero-order valence-electron chi connectivity index (χ0n) is 13.3. The fourth-order valence-electron chi connectivity index (χ4n) is 2.24. The smallest absolute Gasteiger partial charge is 0.260 e. The van der Waals surface area contributed by atoms with E-state index in [0.29, 0.717) is 12.4 Å². The van der Waals surface area contributed by atoms with Gasteiger partial charge in [-0.2, -0.15) is 0 Å². The van der Waals surface area contributed by atoms with Gasteiger partial charge in [-0.05, 0) is 30.7 Å². The first kappa shape index (κ1) is 16.9. The number of aromatic hydroxyl groups is 1. The van der Waals surface area contributed by atoms with Crippen molar-refractivity contribution in [3.05, 3.63) is 70.4 Å². The van der Waals surface area contributed by atoms with E-state index in [1.165, 1.54) is 18.4 Å². The Balaban J connectivity index is 1.73. The number of anilines is 1. The summed E-state index contributed by atoms with van der Waals surface area (Å²) >= 11 is 5.81. The van der Waals surface area contributed by atoms with Crippen molar-refractivity contribution >= 4 is 23.3 Å². The predicted molar refractivity (Wildman–Crippen MR) is 93.1 cm³/mol. The van der Waals surface area contributed by atoms with Crippen LogP contribution in [-0.4, -0.2) is 16.2 Å². The van der Waals surface area contributed by atoms with E-state index in [0.717, 1.165) is 11.1 Å². The molecule has 7 heteroatoms. The minimum atomic E-state index is -0.575. The molecule has 2 aromatic carbocycles. The molecular weight excluding hydrogens is 344 g/mol. The zero-order valence-corrected chi connectivity index (χ0v) is 14.1. The minimum absolute atomic E-state index is 0.0424. The van der Waals surface area contributed by atoms with Crippen LogP contribution in [-0.2, 0) is 6.61 Å². The second-order valence-electron chi connectivity index (χ2n) is 5.42. The number of nitrogens with one attached hydrogen (secondary N) is 1. The number of benzene rings is 2. The van der Waals surface area contributed by atoms with Crippen LogP contribution in [0, 0.1) is 6.92 Å². The highest BCUT2D eigenvalue weighted by Gasteiger charge is 2.16. The minimum Gasteiger partial charge on any atom is -0.507 e. The molecule has 1 heterocycles. The van der Waals surface area contributed by atoms with E-state index in [2.05, 4.69) is 15.0 Å². The third-order valence-electron chi connectivity index (χ3n) is 3.46. The monoisotopic (exact) mass is 358 g/mol. The van der Waals surface area contributed by atoms with E-state index < -0.39 is 5.91 Å². The van der Waals surface area contributed by atoms with E-state index in [9.17, 15) is 9.90 Å². The van der Waals surface area contributed by atoms with Gasteiger partial charge in [-0.3, -0.25) is 4.79 Å². The van der Waals surface area contributed by atoms with E-state index in [1.54, 1.807) is 6.07 Å². The molecule has 25 heavy (non-hydrogen) atoms. The molecule has 0 radical (unpaired) electrons. The first-order valence-corrected chi connectivity index (χ1v) is 7.83. The van der Waals surface area contributed by atoms with Gasteiger partial charge in [-0.25, -0.2) is 0 Å². The Morgan fingerprint density at radius 1 is 1.32 bits per heavy atom. The van der Waals surface area contributed by atoms with Crippen molar-refractivity contribution in [3.8, 4) is 11.5 Å².